The standard InChI is InChI=1S/C24H27N5O5/c1-34-24(32)16-6-8-17(9-7-16)28-13-10-27(11-14-28)12-15-29(26-33)21-20(25)22(30)18-4-2-3-5-19(18)23(21)31/h2-9,30-31H,10-15,25H2,1H3. The quantitative estimate of drug-likeness (QED) is 0.120. The van der Waals surface area contributed by atoms with Gasteiger partial charge in [-0.2, -0.15) is 0 Å². The molecule has 1 aliphatic heterocycles. The summed E-state index contributed by atoms with van der Waals surface area (Å²) in [5, 5.41) is 26.2. The van der Waals surface area contributed by atoms with Crippen LogP contribution < -0.4 is 15.6 Å². The summed E-state index contributed by atoms with van der Waals surface area (Å²) >= 11 is 0. The van der Waals surface area contributed by atoms with Crippen molar-refractivity contribution in [3.05, 3.63) is 59.0 Å². The van der Waals surface area contributed by atoms with E-state index in [1.165, 1.54) is 7.11 Å². The van der Waals surface area contributed by atoms with Crippen LogP contribution in [0.25, 0.3) is 10.8 Å². The molecule has 0 spiro atoms. The number of methoxy groups -OCH3 is 1. The molecule has 1 saturated heterocycles. The maximum atomic E-state index is 11.6. The Morgan fingerprint density at radius 2 is 1.65 bits per heavy atom. The Morgan fingerprint density at radius 3 is 2.24 bits per heavy atom. The van der Waals surface area contributed by atoms with Gasteiger partial charge in [-0.1, -0.05) is 24.3 Å². The average Bonchev–Trinajstić information content (AvgIpc) is 2.89. The molecule has 178 valence electrons. The number of hydrogen-bond acceptors (Lipinski definition) is 9. The number of nitroso groups, excluding NO2 is 1. The molecular weight excluding hydrogens is 438 g/mol. The third-order valence-corrected chi connectivity index (χ3v) is 6.18. The highest BCUT2D eigenvalue weighted by Crippen LogP contribution is 2.46. The Balaban J connectivity index is 1.40. The molecule has 1 fully saturated rings. The summed E-state index contributed by atoms with van der Waals surface area (Å²) in [7, 11) is 1.36. The average molecular weight is 466 g/mol. The number of hydrogen-bond donors (Lipinski definition) is 3. The summed E-state index contributed by atoms with van der Waals surface area (Å²) in [4.78, 5) is 27.6. The number of fused-ring (bicyclic) bond motifs is 1. The number of nitrogens with zero attached hydrogens (tertiary/aromatic N) is 4. The van der Waals surface area contributed by atoms with E-state index in [0.29, 0.717) is 22.9 Å². The first kappa shape index (κ1) is 23.1. The molecule has 0 aliphatic carbocycles. The third-order valence-electron chi connectivity index (χ3n) is 6.18. The van der Waals surface area contributed by atoms with Crippen LogP contribution >= 0.6 is 0 Å². The third kappa shape index (κ3) is 4.40. The molecule has 1 heterocycles. The lowest BCUT2D eigenvalue weighted by Crippen LogP contribution is -2.48. The van der Waals surface area contributed by atoms with Crippen LogP contribution in [-0.4, -0.2) is 67.5 Å². The number of nitrogen functional groups attached to an aromatic ring is 1. The molecule has 0 amide bonds. The highest BCUT2D eigenvalue weighted by molar-refractivity contribution is 6.04. The first-order valence-corrected chi connectivity index (χ1v) is 10.9. The fourth-order valence-electron chi connectivity index (χ4n) is 4.26. The molecule has 0 radical (unpaired) electrons. The second-order valence-electron chi connectivity index (χ2n) is 8.08. The Hall–Kier alpha value is -4.05. The maximum absolute atomic E-state index is 11.6. The van der Waals surface area contributed by atoms with Gasteiger partial charge < -0.3 is 25.6 Å². The number of phenolic OH excluding ortho intramolecular Hbond substituents is 2. The van der Waals surface area contributed by atoms with Crippen molar-refractivity contribution in [2.24, 2.45) is 5.29 Å². The monoisotopic (exact) mass is 465 g/mol. The molecule has 0 bridgehead atoms. The molecule has 0 atom stereocenters. The lowest BCUT2D eigenvalue weighted by atomic mass is 10.1. The number of piperazine rings is 1. The molecule has 4 rings (SSSR count). The maximum Gasteiger partial charge on any atom is 0.337 e. The van der Waals surface area contributed by atoms with Crippen LogP contribution in [0.5, 0.6) is 11.5 Å². The van der Waals surface area contributed by atoms with Gasteiger partial charge in [0.05, 0.1) is 24.5 Å². The smallest absolute Gasteiger partial charge is 0.337 e. The summed E-state index contributed by atoms with van der Waals surface area (Å²) in [5.41, 5.74) is 7.51. The first-order valence-electron chi connectivity index (χ1n) is 10.9. The molecular formula is C24H27N5O5. The van der Waals surface area contributed by atoms with Crippen LogP contribution in [0.3, 0.4) is 0 Å². The van der Waals surface area contributed by atoms with Crippen molar-refractivity contribution in [3.63, 3.8) is 0 Å². The minimum absolute atomic E-state index is 0.00975. The van der Waals surface area contributed by atoms with Crippen molar-refractivity contribution in [2.75, 3.05) is 62.0 Å². The Labute approximate surface area is 196 Å². The van der Waals surface area contributed by atoms with E-state index >= 15 is 0 Å². The molecule has 3 aromatic carbocycles. The van der Waals surface area contributed by atoms with Gasteiger partial charge in [0.15, 0.2) is 5.75 Å². The largest absolute Gasteiger partial charge is 0.505 e. The predicted molar refractivity (Wildman–Crippen MR) is 131 cm³/mol. The minimum Gasteiger partial charge on any atom is -0.505 e. The molecule has 0 saturated carbocycles. The number of anilines is 3. The second-order valence-corrected chi connectivity index (χ2v) is 8.08. The summed E-state index contributed by atoms with van der Waals surface area (Å²) in [6.07, 6.45) is 0. The van der Waals surface area contributed by atoms with Gasteiger partial charge in [-0.05, 0) is 24.3 Å². The number of ether oxygens (including phenoxy) is 1. The predicted octanol–water partition coefficient (Wildman–Crippen LogP) is 2.93. The van der Waals surface area contributed by atoms with Gasteiger partial charge in [0.1, 0.15) is 17.1 Å². The number of carbonyl (C=O) groups excluding carboxylic acids is 1. The second kappa shape index (κ2) is 9.84. The van der Waals surface area contributed by atoms with E-state index in [4.69, 9.17) is 10.5 Å². The normalized spacial score (nSPS) is 14.2. The van der Waals surface area contributed by atoms with E-state index in [1.807, 2.05) is 12.1 Å². The number of phenols is 2. The van der Waals surface area contributed by atoms with Gasteiger partial charge in [-0.15, -0.1) is 4.91 Å². The Kier molecular flexibility index (Phi) is 6.69. The van der Waals surface area contributed by atoms with E-state index in [1.54, 1.807) is 36.4 Å². The number of rotatable bonds is 7. The molecule has 1 aliphatic rings. The zero-order chi connectivity index (χ0) is 24.2. The number of esters is 1. The topological polar surface area (TPSA) is 132 Å². The van der Waals surface area contributed by atoms with Gasteiger partial charge in [0, 0.05) is 49.2 Å². The van der Waals surface area contributed by atoms with Crippen LogP contribution in [0.15, 0.2) is 53.8 Å². The van der Waals surface area contributed by atoms with Crippen molar-refractivity contribution < 1.29 is 19.7 Å². The fourth-order valence-corrected chi connectivity index (χ4v) is 4.26. The zero-order valence-corrected chi connectivity index (χ0v) is 18.8. The van der Waals surface area contributed by atoms with Crippen molar-refractivity contribution >= 4 is 33.8 Å². The van der Waals surface area contributed by atoms with Crippen molar-refractivity contribution in [2.45, 2.75) is 0 Å². The van der Waals surface area contributed by atoms with Crippen LogP contribution in [0.4, 0.5) is 17.1 Å². The molecule has 4 N–H and O–H groups in total. The van der Waals surface area contributed by atoms with Crippen LogP contribution in [0.1, 0.15) is 10.4 Å². The van der Waals surface area contributed by atoms with Crippen molar-refractivity contribution in [1.82, 2.24) is 4.90 Å². The van der Waals surface area contributed by atoms with Gasteiger partial charge in [0.25, 0.3) is 0 Å². The van der Waals surface area contributed by atoms with Crippen molar-refractivity contribution in [3.8, 4) is 11.5 Å². The van der Waals surface area contributed by atoms with Gasteiger partial charge >= 0.3 is 5.97 Å². The number of carbonyl (C=O) groups is 1. The summed E-state index contributed by atoms with van der Waals surface area (Å²) < 4.78 is 4.73. The zero-order valence-electron chi connectivity index (χ0n) is 18.8. The van der Waals surface area contributed by atoms with Crippen LogP contribution in [0, 0.1) is 4.91 Å². The van der Waals surface area contributed by atoms with E-state index in [0.717, 1.165) is 36.9 Å². The first-order chi connectivity index (χ1) is 16.4. The van der Waals surface area contributed by atoms with E-state index in [-0.39, 0.29) is 35.4 Å². The minimum atomic E-state index is -0.365. The fraction of sp³-hybridized carbons (Fsp3) is 0.292. The SMILES string of the molecule is COC(=O)c1ccc(N2CCN(CCN(N=O)c3c(N)c(O)c4ccccc4c3O)CC2)cc1. The summed E-state index contributed by atoms with van der Waals surface area (Å²) in [6.45, 7) is 3.79. The Morgan fingerprint density at radius 1 is 1.03 bits per heavy atom. The van der Waals surface area contributed by atoms with Crippen LogP contribution in [0.2, 0.25) is 0 Å². The van der Waals surface area contributed by atoms with Crippen molar-refractivity contribution in [1.29, 1.82) is 0 Å². The molecule has 0 unspecified atom stereocenters. The number of benzene rings is 3. The number of aromatic hydroxyl groups is 2. The molecule has 10 nitrogen and oxygen atoms in total. The van der Waals surface area contributed by atoms with Gasteiger partial charge in [-0.25, -0.2) is 9.80 Å². The lowest BCUT2D eigenvalue weighted by molar-refractivity contribution is 0.0600. The van der Waals surface area contributed by atoms with E-state index in [2.05, 4.69) is 15.1 Å². The van der Waals surface area contributed by atoms with Crippen LogP contribution in [-0.2, 0) is 4.74 Å². The molecule has 10 heteroatoms. The van der Waals surface area contributed by atoms with E-state index in [9.17, 15) is 19.9 Å². The number of nitrogens with two attached hydrogens (primary N) is 1. The molecule has 34 heavy (non-hydrogen) atoms. The van der Waals surface area contributed by atoms with Gasteiger partial charge in [0.2, 0.25) is 0 Å². The highest BCUT2D eigenvalue weighted by atomic mass is 16.5. The molecule has 3 aromatic rings. The lowest BCUT2D eigenvalue weighted by Gasteiger charge is -2.36. The van der Waals surface area contributed by atoms with E-state index < -0.39 is 0 Å². The highest BCUT2D eigenvalue weighted by Gasteiger charge is 2.24. The summed E-state index contributed by atoms with van der Waals surface area (Å²) in [6, 6.07) is 14.0. The van der Waals surface area contributed by atoms with Gasteiger partial charge in [-0.3, -0.25) is 4.90 Å². The Bertz CT molecular complexity index is 1190. The summed E-state index contributed by atoms with van der Waals surface area (Å²) in [5.74, 6) is -0.745. The molecule has 0 aromatic heterocycles.